The van der Waals surface area contributed by atoms with Crippen molar-refractivity contribution in [2.24, 2.45) is 0 Å². The molecule has 1 amide bonds. The van der Waals surface area contributed by atoms with Gasteiger partial charge in [0.2, 0.25) is 0 Å². The lowest BCUT2D eigenvalue weighted by atomic mass is 9.95. The van der Waals surface area contributed by atoms with E-state index in [0.29, 0.717) is 21.9 Å². The predicted molar refractivity (Wildman–Crippen MR) is 146 cm³/mol. The molecular weight excluding hydrogens is 538 g/mol. The second kappa shape index (κ2) is 9.88. The number of sulfonamides is 1. The fraction of sp³-hybridized carbons (Fsp3) is 0.185. The van der Waals surface area contributed by atoms with Crippen molar-refractivity contribution in [2.75, 3.05) is 0 Å². The minimum atomic E-state index is -4.67. The van der Waals surface area contributed by atoms with E-state index in [1.165, 1.54) is 12.1 Å². The van der Waals surface area contributed by atoms with E-state index < -0.39 is 34.0 Å². The summed E-state index contributed by atoms with van der Waals surface area (Å²) in [7, 11) is -4.67. The summed E-state index contributed by atoms with van der Waals surface area (Å²) in [5, 5.41) is 14.3. The molecule has 198 valence electrons. The van der Waals surface area contributed by atoms with Crippen LogP contribution in [0.25, 0.3) is 21.9 Å². The predicted octanol–water partition coefficient (Wildman–Crippen LogP) is 3.10. The van der Waals surface area contributed by atoms with Gasteiger partial charge in [0, 0.05) is 30.1 Å². The number of carboxylic acid groups (broad SMARTS) is 1. The van der Waals surface area contributed by atoms with Gasteiger partial charge in [-0.1, -0.05) is 48.5 Å². The summed E-state index contributed by atoms with van der Waals surface area (Å²) in [4.78, 5) is 29.7. The Morgan fingerprint density at radius 1 is 1.03 bits per heavy atom. The van der Waals surface area contributed by atoms with E-state index in [4.69, 9.17) is 0 Å². The third kappa shape index (κ3) is 4.46. The molecule has 0 bridgehead atoms. The van der Waals surface area contributed by atoms with E-state index in [1.807, 2.05) is 48.5 Å². The van der Waals surface area contributed by atoms with E-state index in [9.17, 15) is 23.1 Å². The van der Waals surface area contributed by atoms with Crippen molar-refractivity contribution in [3.05, 3.63) is 89.6 Å². The highest BCUT2D eigenvalue weighted by Gasteiger charge is 2.44. The SMILES string of the molecule is O=C(O)[C@H](Cc1c[nH]c2ccccc12)N(C(=O)[C@@H]1Cc2ccccc2CN1)S(=O)(=O)c1cccc2nsnc12. The highest BCUT2D eigenvalue weighted by molar-refractivity contribution is 7.90. The summed E-state index contributed by atoms with van der Waals surface area (Å²) < 4.78 is 37.3. The highest BCUT2D eigenvalue weighted by atomic mass is 32.2. The van der Waals surface area contributed by atoms with Crippen molar-refractivity contribution in [2.45, 2.75) is 36.4 Å². The fourth-order valence-electron chi connectivity index (χ4n) is 5.10. The number of carboxylic acids is 1. The molecule has 39 heavy (non-hydrogen) atoms. The Bertz CT molecular complexity index is 1830. The van der Waals surface area contributed by atoms with E-state index in [2.05, 4.69) is 19.0 Å². The van der Waals surface area contributed by atoms with Gasteiger partial charge in [-0.15, -0.1) is 0 Å². The van der Waals surface area contributed by atoms with Crippen LogP contribution < -0.4 is 5.32 Å². The standard InChI is InChI=1S/C27H23N5O5S2/c33-26(22-12-16-6-1-2-7-17(16)14-29-22)32(39(36,37)24-11-5-10-21-25(24)31-38-30-21)23(27(34)35)13-18-15-28-20-9-4-3-8-19(18)20/h1-11,15,22-23,28-29H,12-14H2,(H,34,35)/t22-,23-/m0/s1. The number of aliphatic carboxylic acids is 1. The summed E-state index contributed by atoms with van der Waals surface area (Å²) in [6.45, 7) is 0.353. The Labute approximate surface area is 227 Å². The van der Waals surface area contributed by atoms with Gasteiger partial charge in [0.15, 0.2) is 0 Å². The molecule has 6 rings (SSSR count). The molecule has 0 aliphatic carbocycles. The zero-order valence-corrected chi connectivity index (χ0v) is 22.1. The third-order valence-electron chi connectivity index (χ3n) is 7.04. The Morgan fingerprint density at radius 3 is 2.62 bits per heavy atom. The van der Waals surface area contributed by atoms with Crippen molar-refractivity contribution in [1.29, 1.82) is 0 Å². The minimum Gasteiger partial charge on any atom is -0.480 e. The number of fused-ring (bicyclic) bond motifs is 3. The van der Waals surface area contributed by atoms with Crippen LogP contribution in [0.5, 0.6) is 0 Å². The lowest BCUT2D eigenvalue weighted by Gasteiger charge is -2.33. The first-order valence-electron chi connectivity index (χ1n) is 12.2. The molecule has 1 aliphatic heterocycles. The van der Waals surface area contributed by atoms with Crippen molar-refractivity contribution in [3.63, 3.8) is 0 Å². The normalized spacial score (nSPS) is 16.2. The highest BCUT2D eigenvalue weighted by Crippen LogP contribution is 2.30. The number of nitrogens with zero attached hydrogens (tertiary/aromatic N) is 3. The largest absolute Gasteiger partial charge is 0.480 e. The maximum atomic E-state index is 14.3. The first kappa shape index (κ1) is 25.2. The van der Waals surface area contributed by atoms with Gasteiger partial charge < -0.3 is 15.4 Å². The average molecular weight is 562 g/mol. The Morgan fingerprint density at radius 2 is 1.79 bits per heavy atom. The number of aromatic amines is 1. The molecule has 2 atom stereocenters. The van der Waals surface area contributed by atoms with Gasteiger partial charge >= 0.3 is 5.97 Å². The smallest absolute Gasteiger partial charge is 0.328 e. The van der Waals surface area contributed by atoms with E-state index in [0.717, 1.165) is 33.8 Å². The molecule has 1 aliphatic rings. The number of aromatic nitrogens is 3. The molecule has 12 heteroatoms. The van der Waals surface area contributed by atoms with Crippen LogP contribution in [-0.2, 0) is 39.0 Å². The number of amides is 1. The number of carbonyl (C=O) groups excluding carboxylic acids is 1. The fourth-order valence-corrected chi connectivity index (χ4v) is 7.43. The second-order valence-corrected chi connectivity index (χ2v) is 11.7. The minimum absolute atomic E-state index is 0.0958. The van der Waals surface area contributed by atoms with Gasteiger partial charge in [-0.05, 0) is 41.3 Å². The van der Waals surface area contributed by atoms with Crippen LogP contribution >= 0.6 is 11.7 Å². The Hall–Kier alpha value is -4.13. The number of benzene rings is 3. The van der Waals surface area contributed by atoms with Crippen LogP contribution in [0.15, 0.2) is 77.8 Å². The monoisotopic (exact) mass is 561 g/mol. The molecule has 5 aromatic rings. The number of rotatable bonds is 7. The van der Waals surface area contributed by atoms with Crippen LogP contribution in [0.1, 0.15) is 16.7 Å². The maximum absolute atomic E-state index is 14.3. The number of para-hydroxylation sites is 1. The van der Waals surface area contributed by atoms with Crippen LogP contribution in [0.3, 0.4) is 0 Å². The number of carbonyl (C=O) groups is 2. The molecule has 0 unspecified atom stereocenters. The quantitative estimate of drug-likeness (QED) is 0.275. The molecule has 3 N–H and O–H groups in total. The summed E-state index contributed by atoms with van der Waals surface area (Å²) >= 11 is 0.843. The van der Waals surface area contributed by atoms with Crippen LogP contribution in [0.4, 0.5) is 0 Å². The van der Waals surface area contributed by atoms with E-state index in [-0.39, 0.29) is 23.3 Å². The molecule has 0 saturated carbocycles. The number of hydrogen-bond donors (Lipinski definition) is 3. The molecule has 10 nitrogen and oxygen atoms in total. The molecule has 3 heterocycles. The summed E-state index contributed by atoms with van der Waals surface area (Å²) in [6, 6.07) is 16.7. The Kier molecular flexibility index (Phi) is 6.37. The van der Waals surface area contributed by atoms with Crippen molar-refractivity contribution >= 4 is 55.6 Å². The van der Waals surface area contributed by atoms with Gasteiger partial charge in [-0.3, -0.25) is 4.79 Å². The topological polar surface area (TPSA) is 145 Å². The first-order valence-corrected chi connectivity index (χ1v) is 14.4. The summed E-state index contributed by atoms with van der Waals surface area (Å²) in [6.07, 6.45) is 1.65. The van der Waals surface area contributed by atoms with Crippen LogP contribution in [0, 0.1) is 0 Å². The summed E-state index contributed by atoms with van der Waals surface area (Å²) in [5.41, 5.74) is 3.71. The zero-order valence-electron chi connectivity index (χ0n) is 20.4. The van der Waals surface area contributed by atoms with Crippen LogP contribution in [-0.4, -0.2) is 55.5 Å². The van der Waals surface area contributed by atoms with Gasteiger partial charge in [0.1, 0.15) is 22.0 Å². The molecule has 2 aromatic heterocycles. The third-order valence-corrected chi connectivity index (χ3v) is 9.42. The molecule has 3 aromatic carbocycles. The molecule has 0 spiro atoms. The lowest BCUT2D eigenvalue weighted by molar-refractivity contribution is -0.146. The lowest BCUT2D eigenvalue weighted by Crippen LogP contribution is -2.57. The molecule has 0 radical (unpaired) electrons. The molecular formula is C27H23N5O5S2. The van der Waals surface area contributed by atoms with Crippen molar-refractivity contribution < 1.29 is 23.1 Å². The van der Waals surface area contributed by atoms with Gasteiger partial charge in [0.25, 0.3) is 15.9 Å². The summed E-state index contributed by atoms with van der Waals surface area (Å²) in [5.74, 6) is -2.27. The molecule has 0 fully saturated rings. The number of H-pyrrole nitrogens is 1. The number of nitrogens with one attached hydrogen (secondary N) is 2. The van der Waals surface area contributed by atoms with Crippen molar-refractivity contribution in [3.8, 4) is 0 Å². The number of hydrogen-bond acceptors (Lipinski definition) is 8. The first-order chi connectivity index (χ1) is 18.8. The van der Waals surface area contributed by atoms with Crippen LogP contribution in [0.2, 0.25) is 0 Å². The van der Waals surface area contributed by atoms with E-state index in [1.54, 1.807) is 12.3 Å². The zero-order chi connectivity index (χ0) is 27.1. The molecule has 0 saturated heterocycles. The van der Waals surface area contributed by atoms with Crippen molar-refractivity contribution in [1.82, 2.24) is 23.4 Å². The second-order valence-electron chi connectivity index (χ2n) is 9.35. The van der Waals surface area contributed by atoms with E-state index >= 15 is 0 Å². The Balaban J connectivity index is 1.47. The van der Waals surface area contributed by atoms with Gasteiger partial charge in [-0.2, -0.15) is 8.75 Å². The van der Waals surface area contributed by atoms with Gasteiger partial charge in [-0.25, -0.2) is 17.5 Å². The maximum Gasteiger partial charge on any atom is 0.328 e. The van der Waals surface area contributed by atoms with Gasteiger partial charge in [0.05, 0.1) is 17.8 Å². The average Bonchev–Trinajstić information content (AvgIpc) is 3.59.